The number of hydrogen-bond donors (Lipinski definition) is 3. The van der Waals surface area contributed by atoms with Gasteiger partial charge in [0.05, 0.1) is 5.84 Å². The van der Waals surface area contributed by atoms with Gasteiger partial charge in [-0.2, -0.15) is 23.5 Å². The number of aliphatic imine (C=N–C) groups is 1. The van der Waals surface area contributed by atoms with Crippen LogP contribution in [0.25, 0.3) is 0 Å². The van der Waals surface area contributed by atoms with Gasteiger partial charge in [0.1, 0.15) is 0 Å². The van der Waals surface area contributed by atoms with Crippen LogP contribution in [0.2, 0.25) is 0 Å². The van der Waals surface area contributed by atoms with E-state index in [2.05, 4.69) is 47.7 Å². The zero-order valence-electron chi connectivity index (χ0n) is 18.8. The van der Waals surface area contributed by atoms with E-state index in [4.69, 9.17) is 11.1 Å². The summed E-state index contributed by atoms with van der Waals surface area (Å²) in [6, 6.07) is 0. The first-order valence-corrected chi connectivity index (χ1v) is 13.9. The number of hydrogen-bond acceptors (Lipinski definition) is 5. The Balaban J connectivity index is 1.33. The molecule has 2 aliphatic carbocycles. The number of nitrogens with zero attached hydrogens (tertiary/aromatic N) is 1. The van der Waals surface area contributed by atoms with Crippen molar-refractivity contribution in [2.75, 3.05) is 31.1 Å². The molecule has 4 atom stereocenters. The van der Waals surface area contributed by atoms with E-state index >= 15 is 0 Å². The molecule has 2 fully saturated rings. The third kappa shape index (κ3) is 10.6. The molecule has 4 unspecified atom stereocenters. The summed E-state index contributed by atoms with van der Waals surface area (Å²) in [5, 5.41) is 13.4. The Labute approximate surface area is 187 Å². The van der Waals surface area contributed by atoms with Crippen LogP contribution in [0, 0.1) is 17.2 Å². The smallest absolute Gasteiger partial charge is 0.0937 e. The minimum Gasteiger partial charge on any atom is -0.387 e. The lowest BCUT2D eigenvalue weighted by Crippen LogP contribution is -2.28. The summed E-state index contributed by atoms with van der Waals surface area (Å²) in [6.07, 6.45) is 11.6. The number of nitrogens with two attached hydrogens (primary N) is 1. The second-order valence-corrected chi connectivity index (χ2v) is 11.7. The van der Waals surface area contributed by atoms with E-state index in [1.165, 1.54) is 31.4 Å². The van der Waals surface area contributed by atoms with Gasteiger partial charge < -0.3 is 16.5 Å². The molecule has 4 nitrogen and oxygen atoms in total. The molecule has 2 rings (SSSR count). The monoisotopic (exact) mass is 440 g/mol. The molecule has 168 valence electrons. The first kappa shape index (κ1) is 25.1. The highest BCUT2D eigenvalue weighted by Gasteiger charge is 2.27. The normalized spacial score (nSPS) is 26.8. The molecule has 4 N–H and O–H groups in total. The number of amidine groups is 1. The predicted molar refractivity (Wildman–Crippen MR) is 134 cm³/mol. The Bertz CT molecular complexity index is 497. The quantitative estimate of drug-likeness (QED) is 0.162. The van der Waals surface area contributed by atoms with Crippen LogP contribution in [-0.2, 0) is 0 Å². The second-order valence-electron chi connectivity index (χ2n) is 8.97. The van der Waals surface area contributed by atoms with Gasteiger partial charge in [0, 0.05) is 47.2 Å². The lowest BCUT2D eigenvalue weighted by molar-refractivity contribution is 0.362. The third-order valence-electron chi connectivity index (χ3n) is 6.42. The van der Waals surface area contributed by atoms with Crippen molar-refractivity contribution in [3.05, 3.63) is 0 Å². The highest BCUT2D eigenvalue weighted by molar-refractivity contribution is 8.00. The van der Waals surface area contributed by atoms with Gasteiger partial charge in [0.25, 0.3) is 0 Å². The molecule has 0 spiro atoms. The van der Waals surface area contributed by atoms with Crippen molar-refractivity contribution in [3.63, 3.8) is 0 Å². The van der Waals surface area contributed by atoms with E-state index in [9.17, 15) is 0 Å². The van der Waals surface area contributed by atoms with E-state index in [-0.39, 0.29) is 0 Å². The van der Waals surface area contributed by atoms with Crippen LogP contribution in [0.4, 0.5) is 0 Å². The van der Waals surface area contributed by atoms with Crippen LogP contribution in [0.3, 0.4) is 0 Å². The lowest BCUT2D eigenvalue weighted by Gasteiger charge is -2.33. The van der Waals surface area contributed by atoms with Crippen molar-refractivity contribution in [1.82, 2.24) is 5.32 Å². The molecule has 0 aliphatic heterocycles. The van der Waals surface area contributed by atoms with Crippen LogP contribution < -0.4 is 11.1 Å². The van der Waals surface area contributed by atoms with Gasteiger partial charge in [-0.3, -0.25) is 4.99 Å². The molecule has 0 saturated heterocycles. The minimum absolute atomic E-state index is 0.803. The Morgan fingerprint density at radius 1 is 0.897 bits per heavy atom. The summed E-state index contributed by atoms with van der Waals surface area (Å²) in [5.74, 6) is 4.96. The van der Waals surface area contributed by atoms with Crippen LogP contribution >= 0.6 is 23.5 Å². The standard InChI is InChI=1S/C23H44N4S2/c1-18-9-11-21(18)28-16-14-26-13-5-7-20(24)6-3-4-8-23(25)27-15-17-29-22-12-10-19(22)2/h18-19,21-22,24,26H,3-17H2,1-2H3,(H2,25,27). The number of rotatable bonds is 17. The van der Waals surface area contributed by atoms with Gasteiger partial charge >= 0.3 is 0 Å². The van der Waals surface area contributed by atoms with E-state index in [0.717, 1.165) is 97.8 Å². The summed E-state index contributed by atoms with van der Waals surface area (Å²) in [5.41, 5.74) is 6.93. The van der Waals surface area contributed by atoms with Crippen molar-refractivity contribution in [2.45, 2.75) is 88.6 Å². The van der Waals surface area contributed by atoms with E-state index in [1.807, 2.05) is 0 Å². The minimum atomic E-state index is 0.803. The SMILES string of the molecule is CC1CCC1SCCN=C(N)CCCCC(=N)CCCNCCSC1CCC1C. The van der Waals surface area contributed by atoms with Crippen LogP contribution in [0.5, 0.6) is 0 Å². The molecule has 0 aromatic rings. The first-order valence-electron chi connectivity index (χ1n) is 11.8. The predicted octanol–water partition coefficient (Wildman–Crippen LogP) is 5.36. The van der Waals surface area contributed by atoms with Gasteiger partial charge in [-0.15, -0.1) is 0 Å². The van der Waals surface area contributed by atoms with Crippen molar-refractivity contribution >= 4 is 35.1 Å². The second kappa shape index (κ2) is 14.7. The Morgan fingerprint density at radius 2 is 1.52 bits per heavy atom. The molecule has 0 aromatic carbocycles. The summed E-state index contributed by atoms with van der Waals surface area (Å²) >= 11 is 4.20. The fraction of sp³-hybridized carbons (Fsp3) is 0.913. The average molecular weight is 441 g/mol. The molecule has 2 saturated carbocycles. The van der Waals surface area contributed by atoms with Gasteiger partial charge in [0.2, 0.25) is 0 Å². The molecule has 0 bridgehead atoms. The maximum Gasteiger partial charge on any atom is 0.0937 e. The van der Waals surface area contributed by atoms with Crippen LogP contribution in [0.15, 0.2) is 4.99 Å². The van der Waals surface area contributed by atoms with E-state index in [0.29, 0.717) is 0 Å². The zero-order chi connectivity index (χ0) is 20.9. The van der Waals surface area contributed by atoms with Crippen molar-refractivity contribution < 1.29 is 0 Å². The maximum atomic E-state index is 8.12. The molecule has 0 heterocycles. The first-order chi connectivity index (χ1) is 14.1. The lowest BCUT2D eigenvalue weighted by atomic mass is 9.87. The van der Waals surface area contributed by atoms with Gasteiger partial charge in [-0.25, -0.2) is 0 Å². The van der Waals surface area contributed by atoms with E-state index < -0.39 is 0 Å². The number of unbranched alkanes of at least 4 members (excludes halogenated alkanes) is 1. The Hall–Kier alpha value is -0.200. The largest absolute Gasteiger partial charge is 0.387 e. The average Bonchev–Trinajstić information content (AvgIpc) is 2.70. The Morgan fingerprint density at radius 3 is 2.14 bits per heavy atom. The fourth-order valence-corrected chi connectivity index (χ4v) is 6.44. The zero-order valence-corrected chi connectivity index (χ0v) is 20.4. The highest BCUT2D eigenvalue weighted by Crippen LogP contribution is 2.37. The fourth-order valence-electron chi connectivity index (χ4n) is 3.84. The molecular formula is C23H44N4S2. The van der Waals surface area contributed by atoms with E-state index in [1.54, 1.807) is 0 Å². The topological polar surface area (TPSA) is 74.3 Å². The molecule has 0 radical (unpaired) electrons. The van der Waals surface area contributed by atoms with Crippen LogP contribution in [0.1, 0.15) is 78.1 Å². The van der Waals surface area contributed by atoms with Gasteiger partial charge in [-0.05, 0) is 76.2 Å². The van der Waals surface area contributed by atoms with Crippen LogP contribution in [-0.4, -0.2) is 53.2 Å². The summed E-state index contributed by atoms with van der Waals surface area (Å²) < 4.78 is 0. The molecule has 6 heteroatoms. The summed E-state index contributed by atoms with van der Waals surface area (Å²) in [6.45, 7) is 7.74. The van der Waals surface area contributed by atoms with Crippen molar-refractivity contribution in [1.29, 1.82) is 5.41 Å². The summed E-state index contributed by atoms with van der Waals surface area (Å²) in [4.78, 5) is 4.52. The maximum absolute atomic E-state index is 8.12. The molecule has 2 aliphatic rings. The molecular weight excluding hydrogens is 396 g/mol. The van der Waals surface area contributed by atoms with Crippen molar-refractivity contribution in [3.8, 4) is 0 Å². The highest BCUT2D eigenvalue weighted by atomic mass is 32.2. The molecule has 29 heavy (non-hydrogen) atoms. The number of thioether (sulfide) groups is 2. The number of nitrogens with one attached hydrogen (secondary N) is 2. The third-order valence-corrected chi connectivity index (χ3v) is 9.54. The Kier molecular flexibility index (Phi) is 12.7. The molecule has 0 amide bonds. The molecule has 0 aromatic heterocycles. The van der Waals surface area contributed by atoms with Crippen molar-refractivity contribution in [2.24, 2.45) is 22.6 Å². The van der Waals surface area contributed by atoms with Gasteiger partial charge in [-0.1, -0.05) is 13.8 Å². The van der Waals surface area contributed by atoms with Gasteiger partial charge in [0.15, 0.2) is 0 Å². The summed E-state index contributed by atoms with van der Waals surface area (Å²) in [7, 11) is 0.